The number of carboxylic acid groups (broad SMARTS) is 1. The van der Waals surface area contributed by atoms with Crippen molar-refractivity contribution in [1.82, 2.24) is 13.5 Å². The Kier molecular flexibility index (Phi) is 5.07. The fourth-order valence-corrected chi connectivity index (χ4v) is 3.42. The normalized spacial score (nSPS) is 17.3. The van der Waals surface area contributed by atoms with Crippen molar-refractivity contribution >= 4 is 22.1 Å². The molecule has 0 aliphatic carbocycles. The first-order valence-electron chi connectivity index (χ1n) is 7.03. The number of aromatic carboxylic acids is 1. The van der Waals surface area contributed by atoms with Crippen LogP contribution in [0.25, 0.3) is 0 Å². The van der Waals surface area contributed by atoms with Crippen LogP contribution < -0.4 is 0 Å². The van der Waals surface area contributed by atoms with Crippen LogP contribution in [-0.4, -0.2) is 79.2 Å². The van der Waals surface area contributed by atoms with E-state index in [1.54, 1.807) is 0 Å². The monoisotopic (exact) mass is 345 g/mol. The summed E-state index contributed by atoms with van der Waals surface area (Å²) in [5.41, 5.74) is 0. The zero-order valence-corrected chi connectivity index (χ0v) is 13.7. The molecule has 1 aliphatic rings. The van der Waals surface area contributed by atoms with E-state index in [2.05, 4.69) is 0 Å². The lowest BCUT2D eigenvalue weighted by Crippen LogP contribution is -2.42. The van der Waals surface area contributed by atoms with Gasteiger partial charge >= 0.3 is 5.97 Å². The van der Waals surface area contributed by atoms with Crippen LogP contribution in [0, 0.1) is 0 Å². The summed E-state index contributed by atoms with van der Waals surface area (Å²) in [6, 6.07) is 2.53. The van der Waals surface area contributed by atoms with Crippen LogP contribution in [0.15, 0.2) is 16.5 Å². The fraction of sp³-hybridized carbons (Fsp3) is 0.538. The van der Waals surface area contributed by atoms with Crippen molar-refractivity contribution in [2.45, 2.75) is 6.42 Å². The predicted molar refractivity (Wildman–Crippen MR) is 80.4 cm³/mol. The molecule has 0 aromatic carbocycles. The fourth-order valence-electron chi connectivity index (χ4n) is 2.28. The van der Waals surface area contributed by atoms with Crippen LogP contribution in [0.5, 0.6) is 0 Å². The number of carboxylic acids is 1. The van der Waals surface area contributed by atoms with Gasteiger partial charge in [0.2, 0.25) is 5.76 Å². The van der Waals surface area contributed by atoms with Crippen LogP contribution in [0.3, 0.4) is 0 Å². The molecular formula is C13H19N3O6S. The maximum atomic E-state index is 12.3. The number of nitrogens with zero attached hydrogens (tertiary/aromatic N) is 3. The molecule has 1 aromatic heterocycles. The van der Waals surface area contributed by atoms with Crippen LogP contribution in [0.2, 0.25) is 0 Å². The Bertz CT molecular complexity index is 696. The zero-order valence-electron chi connectivity index (χ0n) is 12.9. The summed E-state index contributed by atoms with van der Waals surface area (Å²) in [6.07, 6.45) is 0.491. The average molecular weight is 345 g/mol. The quantitative estimate of drug-likeness (QED) is 0.818. The highest BCUT2D eigenvalue weighted by molar-refractivity contribution is 7.86. The molecule has 128 valence electrons. The van der Waals surface area contributed by atoms with Gasteiger partial charge in [-0.3, -0.25) is 4.79 Å². The van der Waals surface area contributed by atoms with Gasteiger partial charge < -0.3 is 14.4 Å². The Morgan fingerprint density at radius 1 is 1.13 bits per heavy atom. The van der Waals surface area contributed by atoms with Gasteiger partial charge in [0.1, 0.15) is 0 Å². The van der Waals surface area contributed by atoms with Crippen LogP contribution in [0.4, 0.5) is 0 Å². The van der Waals surface area contributed by atoms with Crippen molar-refractivity contribution in [2.24, 2.45) is 0 Å². The lowest BCUT2D eigenvalue weighted by molar-refractivity contribution is 0.0650. The summed E-state index contributed by atoms with van der Waals surface area (Å²) in [6.45, 7) is 1.10. The number of carbonyl (C=O) groups is 2. The highest BCUT2D eigenvalue weighted by Gasteiger charge is 2.29. The molecule has 0 atom stereocenters. The van der Waals surface area contributed by atoms with E-state index in [1.807, 2.05) is 0 Å². The highest BCUT2D eigenvalue weighted by Crippen LogP contribution is 2.15. The number of furan rings is 1. The number of hydrogen-bond donors (Lipinski definition) is 1. The summed E-state index contributed by atoms with van der Waals surface area (Å²) >= 11 is 0. The van der Waals surface area contributed by atoms with E-state index in [1.165, 1.54) is 35.4 Å². The molecule has 1 fully saturated rings. The van der Waals surface area contributed by atoms with Crippen LogP contribution in [0.1, 0.15) is 27.5 Å². The van der Waals surface area contributed by atoms with Gasteiger partial charge in [-0.25, -0.2) is 4.79 Å². The molecule has 9 nitrogen and oxygen atoms in total. The van der Waals surface area contributed by atoms with Gasteiger partial charge in [0.15, 0.2) is 5.76 Å². The van der Waals surface area contributed by atoms with Crippen LogP contribution in [-0.2, 0) is 10.2 Å². The van der Waals surface area contributed by atoms with Crippen molar-refractivity contribution in [1.29, 1.82) is 0 Å². The Balaban J connectivity index is 2.08. The maximum Gasteiger partial charge on any atom is 0.371 e. The lowest BCUT2D eigenvalue weighted by Gasteiger charge is -2.24. The van der Waals surface area contributed by atoms with E-state index in [0.29, 0.717) is 19.5 Å². The Labute approximate surface area is 134 Å². The first kappa shape index (κ1) is 17.4. The van der Waals surface area contributed by atoms with Gasteiger partial charge in [-0.05, 0) is 18.6 Å². The molecule has 1 N–H and O–H groups in total. The Morgan fingerprint density at radius 3 is 2.35 bits per heavy atom. The third kappa shape index (κ3) is 3.71. The Morgan fingerprint density at radius 2 is 1.78 bits per heavy atom. The summed E-state index contributed by atoms with van der Waals surface area (Å²) in [4.78, 5) is 24.6. The Hall–Kier alpha value is -1.91. The minimum Gasteiger partial charge on any atom is -0.475 e. The maximum absolute atomic E-state index is 12.3. The predicted octanol–water partition coefficient (Wildman–Crippen LogP) is -0.0679. The molecule has 0 spiro atoms. The molecule has 0 radical (unpaired) electrons. The molecule has 0 saturated carbocycles. The minimum atomic E-state index is -3.52. The molecule has 2 rings (SSSR count). The number of hydrogen-bond acceptors (Lipinski definition) is 5. The largest absolute Gasteiger partial charge is 0.475 e. The van der Waals surface area contributed by atoms with E-state index in [9.17, 15) is 18.0 Å². The van der Waals surface area contributed by atoms with Crippen molar-refractivity contribution in [3.8, 4) is 0 Å². The minimum absolute atomic E-state index is 0.0636. The molecule has 10 heteroatoms. The topological polar surface area (TPSA) is 111 Å². The SMILES string of the molecule is CN(C)S(=O)(=O)N1CCCN(C(=O)c2ccc(C(=O)O)o2)CC1. The van der Waals surface area contributed by atoms with E-state index >= 15 is 0 Å². The molecule has 1 saturated heterocycles. The summed E-state index contributed by atoms with van der Waals surface area (Å²) < 4.78 is 31.7. The molecule has 23 heavy (non-hydrogen) atoms. The third-order valence-corrected chi connectivity index (χ3v) is 5.50. The lowest BCUT2D eigenvalue weighted by atomic mass is 10.3. The van der Waals surface area contributed by atoms with E-state index < -0.39 is 22.1 Å². The van der Waals surface area contributed by atoms with Gasteiger partial charge in [-0.15, -0.1) is 0 Å². The second-order valence-corrected chi connectivity index (χ2v) is 7.45. The summed E-state index contributed by atoms with van der Waals surface area (Å²) in [5, 5.41) is 8.81. The van der Waals surface area contributed by atoms with Gasteiger partial charge in [-0.1, -0.05) is 0 Å². The molecule has 1 amide bonds. The molecule has 0 unspecified atom stereocenters. The second-order valence-electron chi connectivity index (χ2n) is 5.30. The van der Waals surface area contributed by atoms with Crippen molar-refractivity contribution < 1.29 is 27.5 Å². The molecular weight excluding hydrogens is 326 g/mol. The summed E-state index contributed by atoms with van der Waals surface area (Å²) in [5.74, 6) is -2.06. The molecule has 1 aliphatic heterocycles. The number of carbonyl (C=O) groups excluding carboxylic acids is 1. The van der Waals surface area contributed by atoms with Gasteiger partial charge in [0, 0.05) is 40.3 Å². The zero-order chi connectivity index (χ0) is 17.2. The third-order valence-electron chi connectivity index (χ3n) is 3.56. The van der Waals surface area contributed by atoms with E-state index in [-0.39, 0.29) is 24.6 Å². The van der Waals surface area contributed by atoms with Crippen LogP contribution >= 0.6 is 0 Å². The first-order valence-corrected chi connectivity index (χ1v) is 8.43. The molecule has 1 aromatic rings. The summed E-state index contributed by atoms with van der Waals surface area (Å²) in [7, 11) is -0.601. The van der Waals surface area contributed by atoms with Gasteiger partial charge in [-0.2, -0.15) is 17.0 Å². The second kappa shape index (κ2) is 6.69. The van der Waals surface area contributed by atoms with E-state index in [0.717, 1.165) is 4.31 Å². The highest BCUT2D eigenvalue weighted by atomic mass is 32.2. The first-order chi connectivity index (χ1) is 10.7. The molecule has 0 bridgehead atoms. The van der Waals surface area contributed by atoms with Gasteiger partial charge in [0.05, 0.1) is 0 Å². The smallest absolute Gasteiger partial charge is 0.371 e. The average Bonchev–Trinajstić information content (AvgIpc) is 2.84. The van der Waals surface area contributed by atoms with Crippen molar-refractivity contribution in [2.75, 3.05) is 40.3 Å². The van der Waals surface area contributed by atoms with Gasteiger partial charge in [0.25, 0.3) is 16.1 Å². The number of amides is 1. The van der Waals surface area contributed by atoms with E-state index in [4.69, 9.17) is 9.52 Å². The number of rotatable bonds is 4. The van der Waals surface area contributed by atoms with Crippen molar-refractivity contribution in [3.05, 3.63) is 23.7 Å². The standard InChI is InChI=1S/C13H19N3O6S/c1-14(2)23(20,21)16-7-3-6-15(8-9-16)12(17)10-4-5-11(22-10)13(18)19/h4-5H,3,6-9H2,1-2H3,(H,18,19). The van der Waals surface area contributed by atoms with Crippen molar-refractivity contribution in [3.63, 3.8) is 0 Å². The molecule has 2 heterocycles.